The molecule has 0 spiro atoms. The molecule has 0 fully saturated rings. The lowest BCUT2D eigenvalue weighted by Gasteiger charge is -2.16. The number of nitrogens with zero attached hydrogens (tertiary/aromatic N) is 1. The second kappa shape index (κ2) is 5.35. The highest BCUT2D eigenvalue weighted by atomic mass is 16.1. The normalized spacial score (nSPS) is 11.4. The summed E-state index contributed by atoms with van der Waals surface area (Å²) in [5, 5.41) is 0. The van der Waals surface area contributed by atoms with Crippen LogP contribution in [-0.2, 0) is 11.2 Å². The molecular weight excluding hydrogens is 210 g/mol. The first-order valence-corrected chi connectivity index (χ1v) is 6.10. The van der Waals surface area contributed by atoms with Crippen LogP contribution in [0.15, 0.2) is 24.3 Å². The SMILES string of the molecule is CN(C)c1ccc(CCC(=O)C(C)(C)C)cc1. The van der Waals surface area contributed by atoms with Gasteiger partial charge >= 0.3 is 0 Å². The van der Waals surface area contributed by atoms with Gasteiger partial charge in [0.25, 0.3) is 0 Å². The van der Waals surface area contributed by atoms with Gasteiger partial charge in [0.2, 0.25) is 0 Å². The molecule has 0 heterocycles. The van der Waals surface area contributed by atoms with Crippen molar-refractivity contribution in [1.29, 1.82) is 0 Å². The van der Waals surface area contributed by atoms with Gasteiger partial charge in [-0.25, -0.2) is 0 Å². The second-order valence-electron chi connectivity index (χ2n) is 5.73. The minimum atomic E-state index is -0.219. The van der Waals surface area contributed by atoms with Crippen molar-refractivity contribution in [2.45, 2.75) is 33.6 Å². The van der Waals surface area contributed by atoms with E-state index in [-0.39, 0.29) is 5.41 Å². The molecular formula is C15H23NO. The standard InChI is InChI=1S/C15H23NO/c1-15(2,3)14(17)11-8-12-6-9-13(10-7-12)16(4)5/h6-7,9-10H,8,11H2,1-5H3. The van der Waals surface area contributed by atoms with E-state index in [2.05, 4.69) is 29.2 Å². The molecule has 0 unspecified atom stereocenters. The summed E-state index contributed by atoms with van der Waals surface area (Å²) in [6.45, 7) is 5.93. The summed E-state index contributed by atoms with van der Waals surface area (Å²) in [5.74, 6) is 0.328. The summed E-state index contributed by atoms with van der Waals surface area (Å²) in [4.78, 5) is 13.9. The van der Waals surface area contributed by atoms with Crippen LogP contribution in [-0.4, -0.2) is 19.9 Å². The third kappa shape index (κ3) is 4.22. The molecule has 1 aromatic rings. The van der Waals surface area contributed by atoms with Gasteiger partial charge in [-0.15, -0.1) is 0 Å². The molecule has 0 radical (unpaired) electrons. The van der Waals surface area contributed by atoms with Crippen LogP contribution in [0.4, 0.5) is 5.69 Å². The molecule has 0 aromatic heterocycles. The monoisotopic (exact) mass is 233 g/mol. The van der Waals surface area contributed by atoms with Gasteiger partial charge in [-0.3, -0.25) is 4.79 Å². The summed E-state index contributed by atoms with van der Waals surface area (Å²) in [5.41, 5.74) is 2.20. The van der Waals surface area contributed by atoms with Gasteiger partial charge in [0.05, 0.1) is 0 Å². The van der Waals surface area contributed by atoms with E-state index >= 15 is 0 Å². The Balaban J connectivity index is 2.56. The van der Waals surface area contributed by atoms with Crippen LogP contribution < -0.4 is 4.90 Å². The first kappa shape index (κ1) is 13.8. The molecule has 0 N–H and O–H groups in total. The molecule has 0 bridgehead atoms. The lowest BCUT2D eigenvalue weighted by Crippen LogP contribution is -2.20. The van der Waals surface area contributed by atoms with Crippen molar-refractivity contribution >= 4 is 11.5 Å². The van der Waals surface area contributed by atoms with Crippen LogP contribution in [0.25, 0.3) is 0 Å². The minimum absolute atomic E-state index is 0.219. The van der Waals surface area contributed by atoms with Gasteiger partial charge in [-0.2, -0.15) is 0 Å². The molecule has 17 heavy (non-hydrogen) atoms. The summed E-state index contributed by atoms with van der Waals surface area (Å²) < 4.78 is 0. The van der Waals surface area contributed by atoms with Crippen LogP contribution in [0.3, 0.4) is 0 Å². The Hall–Kier alpha value is -1.31. The summed E-state index contributed by atoms with van der Waals surface area (Å²) in [6, 6.07) is 8.39. The minimum Gasteiger partial charge on any atom is -0.378 e. The third-order valence-corrected chi connectivity index (χ3v) is 2.93. The molecule has 0 saturated carbocycles. The van der Waals surface area contributed by atoms with Gasteiger partial charge in [0.15, 0.2) is 0 Å². The number of aryl methyl sites for hydroxylation is 1. The van der Waals surface area contributed by atoms with Crippen molar-refractivity contribution in [2.75, 3.05) is 19.0 Å². The van der Waals surface area contributed by atoms with E-state index < -0.39 is 0 Å². The molecule has 0 saturated heterocycles. The topological polar surface area (TPSA) is 20.3 Å². The van der Waals surface area contributed by atoms with Crippen molar-refractivity contribution in [3.8, 4) is 0 Å². The average Bonchev–Trinajstić information content (AvgIpc) is 2.25. The molecule has 0 aliphatic rings. The maximum Gasteiger partial charge on any atom is 0.138 e. The summed E-state index contributed by atoms with van der Waals surface area (Å²) in [7, 11) is 4.05. The summed E-state index contributed by atoms with van der Waals surface area (Å²) >= 11 is 0. The number of rotatable bonds is 4. The number of hydrogen-bond acceptors (Lipinski definition) is 2. The fourth-order valence-electron chi connectivity index (χ4n) is 1.59. The number of Topliss-reactive ketones (excluding diaryl/α,β-unsaturated/α-hetero) is 1. The van der Waals surface area contributed by atoms with Crippen molar-refractivity contribution in [3.63, 3.8) is 0 Å². The molecule has 2 heteroatoms. The Labute approximate surface area is 105 Å². The molecule has 0 aliphatic heterocycles. The second-order valence-corrected chi connectivity index (χ2v) is 5.73. The molecule has 1 rings (SSSR count). The van der Waals surface area contributed by atoms with Gasteiger partial charge in [-0.1, -0.05) is 32.9 Å². The van der Waals surface area contributed by atoms with E-state index in [1.165, 1.54) is 11.3 Å². The Kier molecular flexibility index (Phi) is 4.33. The van der Waals surface area contributed by atoms with E-state index in [1.54, 1.807) is 0 Å². The first-order chi connectivity index (χ1) is 7.80. The molecule has 2 nitrogen and oxygen atoms in total. The number of hydrogen-bond donors (Lipinski definition) is 0. The van der Waals surface area contributed by atoms with Crippen LogP contribution in [0.5, 0.6) is 0 Å². The van der Waals surface area contributed by atoms with E-state index in [0.29, 0.717) is 12.2 Å². The predicted molar refractivity (Wildman–Crippen MR) is 73.6 cm³/mol. The number of carbonyl (C=O) groups excluding carboxylic acids is 1. The van der Waals surface area contributed by atoms with Gasteiger partial charge in [0.1, 0.15) is 5.78 Å². The summed E-state index contributed by atoms with van der Waals surface area (Å²) in [6.07, 6.45) is 1.47. The average molecular weight is 233 g/mol. The van der Waals surface area contributed by atoms with E-state index in [4.69, 9.17) is 0 Å². The van der Waals surface area contributed by atoms with Crippen molar-refractivity contribution in [1.82, 2.24) is 0 Å². The highest BCUT2D eigenvalue weighted by molar-refractivity contribution is 5.83. The fourth-order valence-corrected chi connectivity index (χ4v) is 1.59. The molecule has 1 aromatic carbocycles. The smallest absolute Gasteiger partial charge is 0.138 e. The zero-order chi connectivity index (χ0) is 13.1. The Morgan fingerprint density at radius 1 is 1.12 bits per heavy atom. The predicted octanol–water partition coefficient (Wildman–Crippen LogP) is 3.30. The molecule has 94 valence electrons. The Bertz CT molecular complexity index is 371. The maximum atomic E-state index is 11.8. The van der Waals surface area contributed by atoms with Crippen molar-refractivity contribution < 1.29 is 4.79 Å². The fraction of sp³-hybridized carbons (Fsp3) is 0.533. The largest absolute Gasteiger partial charge is 0.378 e. The number of anilines is 1. The van der Waals surface area contributed by atoms with E-state index in [1.807, 2.05) is 34.9 Å². The number of benzene rings is 1. The van der Waals surface area contributed by atoms with Crippen molar-refractivity contribution in [3.05, 3.63) is 29.8 Å². The molecule has 0 amide bonds. The molecule has 0 aliphatic carbocycles. The van der Waals surface area contributed by atoms with Crippen LogP contribution in [0, 0.1) is 5.41 Å². The maximum absolute atomic E-state index is 11.8. The number of ketones is 1. The number of carbonyl (C=O) groups is 1. The zero-order valence-corrected chi connectivity index (χ0v) is 11.6. The molecule has 0 atom stereocenters. The van der Waals surface area contributed by atoms with Crippen LogP contribution in [0.1, 0.15) is 32.8 Å². The lowest BCUT2D eigenvalue weighted by molar-refractivity contribution is -0.126. The van der Waals surface area contributed by atoms with Crippen LogP contribution >= 0.6 is 0 Å². The van der Waals surface area contributed by atoms with E-state index in [0.717, 1.165) is 6.42 Å². The lowest BCUT2D eigenvalue weighted by atomic mass is 9.87. The van der Waals surface area contributed by atoms with E-state index in [9.17, 15) is 4.79 Å². The highest BCUT2D eigenvalue weighted by Crippen LogP contribution is 2.19. The quantitative estimate of drug-likeness (QED) is 0.795. The van der Waals surface area contributed by atoms with Gasteiger partial charge in [0, 0.05) is 31.6 Å². The Morgan fingerprint density at radius 2 is 1.65 bits per heavy atom. The van der Waals surface area contributed by atoms with Crippen LogP contribution in [0.2, 0.25) is 0 Å². The Morgan fingerprint density at radius 3 is 2.06 bits per heavy atom. The van der Waals surface area contributed by atoms with Gasteiger partial charge < -0.3 is 4.90 Å². The van der Waals surface area contributed by atoms with Gasteiger partial charge in [-0.05, 0) is 24.1 Å². The highest BCUT2D eigenvalue weighted by Gasteiger charge is 2.20. The van der Waals surface area contributed by atoms with Crippen molar-refractivity contribution in [2.24, 2.45) is 5.41 Å². The third-order valence-electron chi connectivity index (χ3n) is 2.93. The zero-order valence-electron chi connectivity index (χ0n) is 11.6. The first-order valence-electron chi connectivity index (χ1n) is 6.10.